The molecule has 92 valence electrons. The summed E-state index contributed by atoms with van der Waals surface area (Å²) < 4.78 is 4.90. The summed E-state index contributed by atoms with van der Waals surface area (Å²) in [6, 6.07) is 3.40. The molecule has 0 aliphatic rings. The lowest BCUT2D eigenvalue weighted by Crippen LogP contribution is -2.06. The highest BCUT2D eigenvalue weighted by Gasteiger charge is 2.17. The minimum atomic E-state index is -0.752. The number of rotatable bonds is 5. The molecule has 17 heavy (non-hydrogen) atoms. The fourth-order valence-electron chi connectivity index (χ4n) is 1.19. The number of carbonyl (C=O) groups excluding carboxylic acids is 1. The van der Waals surface area contributed by atoms with E-state index in [1.165, 1.54) is 6.07 Å². The number of unbranched alkanes of at least 4 members (excludes halogenated alkanes) is 1. The third-order valence-electron chi connectivity index (χ3n) is 2.14. The average Bonchev–Trinajstić information content (AvgIpc) is 2.29. The number of hydrogen-bond donors (Lipinski definition) is 1. The summed E-state index contributed by atoms with van der Waals surface area (Å²) in [6.45, 7) is 2.24. The highest BCUT2D eigenvalue weighted by atomic mass is 16.6. The van der Waals surface area contributed by atoms with Crippen LogP contribution < -0.4 is 0 Å². The molecular weight excluding hydrogens is 226 g/mol. The Morgan fingerprint density at radius 1 is 1.53 bits per heavy atom. The van der Waals surface area contributed by atoms with Crippen molar-refractivity contribution >= 4 is 11.7 Å². The van der Waals surface area contributed by atoms with Crippen molar-refractivity contribution in [3.8, 4) is 5.75 Å². The Kier molecular flexibility index (Phi) is 4.45. The van der Waals surface area contributed by atoms with Crippen LogP contribution in [0.2, 0.25) is 0 Å². The van der Waals surface area contributed by atoms with Gasteiger partial charge in [-0.25, -0.2) is 4.79 Å². The van der Waals surface area contributed by atoms with Gasteiger partial charge in [0, 0.05) is 6.07 Å². The first-order chi connectivity index (χ1) is 8.06. The number of nitrogens with zero attached hydrogens (tertiary/aromatic N) is 1. The molecule has 0 amide bonds. The summed E-state index contributed by atoms with van der Waals surface area (Å²) in [4.78, 5) is 21.3. The van der Waals surface area contributed by atoms with E-state index in [9.17, 15) is 20.0 Å². The smallest absolute Gasteiger partial charge is 0.338 e. The number of benzene rings is 1. The Bertz CT molecular complexity index is 430. The fraction of sp³-hybridized carbons (Fsp3) is 0.364. The normalized spacial score (nSPS) is 9.94. The number of carbonyl (C=O) groups is 1. The molecule has 6 nitrogen and oxygen atoms in total. The van der Waals surface area contributed by atoms with E-state index < -0.39 is 22.3 Å². The molecule has 0 atom stereocenters. The molecule has 1 rings (SSSR count). The van der Waals surface area contributed by atoms with Gasteiger partial charge in [0.05, 0.1) is 17.1 Å². The van der Waals surface area contributed by atoms with Crippen molar-refractivity contribution in [1.29, 1.82) is 0 Å². The Morgan fingerprint density at radius 3 is 2.82 bits per heavy atom. The SMILES string of the molecule is CCCCOC(=O)c1ccc(O)c([N+](=O)[O-])c1. The molecular formula is C11H13NO5. The van der Waals surface area contributed by atoms with E-state index >= 15 is 0 Å². The van der Waals surface area contributed by atoms with Crippen molar-refractivity contribution in [3.05, 3.63) is 33.9 Å². The van der Waals surface area contributed by atoms with Crippen LogP contribution in [0.15, 0.2) is 18.2 Å². The van der Waals surface area contributed by atoms with Gasteiger partial charge in [-0.3, -0.25) is 10.1 Å². The Labute approximate surface area is 98.0 Å². The van der Waals surface area contributed by atoms with E-state index in [1.54, 1.807) is 0 Å². The van der Waals surface area contributed by atoms with Gasteiger partial charge < -0.3 is 9.84 Å². The third-order valence-corrected chi connectivity index (χ3v) is 2.14. The molecule has 0 heterocycles. The van der Waals surface area contributed by atoms with E-state index in [2.05, 4.69) is 0 Å². The molecule has 0 aliphatic carbocycles. The van der Waals surface area contributed by atoms with Gasteiger partial charge in [-0.1, -0.05) is 13.3 Å². The van der Waals surface area contributed by atoms with Crippen LogP contribution in [-0.4, -0.2) is 22.6 Å². The highest BCUT2D eigenvalue weighted by molar-refractivity contribution is 5.90. The van der Waals surface area contributed by atoms with Gasteiger partial charge in [0.25, 0.3) is 0 Å². The summed E-state index contributed by atoms with van der Waals surface area (Å²) in [6.07, 6.45) is 1.63. The largest absolute Gasteiger partial charge is 0.502 e. The Balaban J connectivity index is 2.81. The molecule has 0 fully saturated rings. The standard InChI is InChI=1S/C11H13NO5/c1-2-3-6-17-11(14)8-4-5-10(13)9(7-8)12(15)16/h4-5,7,13H,2-3,6H2,1H3. The molecule has 6 heteroatoms. The quantitative estimate of drug-likeness (QED) is 0.368. The molecule has 0 bridgehead atoms. The van der Waals surface area contributed by atoms with E-state index in [-0.39, 0.29) is 12.2 Å². The minimum absolute atomic E-state index is 0.0607. The number of ether oxygens (including phenoxy) is 1. The van der Waals surface area contributed by atoms with Crippen molar-refractivity contribution in [1.82, 2.24) is 0 Å². The molecule has 0 saturated heterocycles. The molecule has 0 aromatic heterocycles. The fourth-order valence-corrected chi connectivity index (χ4v) is 1.19. The van der Waals surface area contributed by atoms with E-state index in [1.807, 2.05) is 6.92 Å². The van der Waals surface area contributed by atoms with Crippen molar-refractivity contribution in [2.45, 2.75) is 19.8 Å². The average molecular weight is 239 g/mol. The molecule has 0 aliphatic heterocycles. The van der Waals surface area contributed by atoms with Gasteiger partial charge in [0.2, 0.25) is 0 Å². The lowest BCUT2D eigenvalue weighted by Gasteiger charge is -2.04. The van der Waals surface area contributed by atoms with Gasteiger partial charge in [0.1, 0.15) is 0 Å². The zero-order valence-corrected chi connectivity index (χ0v) is 9.38. The summed E-state index contributed by atoms with van der Waals surface area (Å²) in [5.74, 6) is -1.10. The van der Waals surface area contributed by atoms with Crippen LogP contribution in [0.3, 0.4) is 0 Å². The van der Waals surface area contributed by atoms with E-state index in [0.717, 1.165) is 25.0 Å². The van der Waals surface area contributed by atoms with E-state index in [0.29, 0.717) is 0 Å². The zero-order valence-electron chi connectivity index (χ0n) is 9.38. The van der Waals surface area contributed by atoms with Gasteiger partial charge in [-0.05, 0) is 18.6 Å². The summed E-state index contributed by atoms with van der Waals surface area (Å²) in [5, 5.41) is 19.8. The van der Waals surface area contributed by atoms with E-state index in [4.69, 9.17) is 4.74 Å². The van der Waals surface area contributed by atoms with Gasteiger partial charge in [-0.2, -0.15) is 0 Å². The first-order valence-electron chi connectivity index (χ1n) is 5.20. The topological polar surface area (TPSA) is 89.7 Å². The number of esters is 1. The van der Waals surface area contributed by atoms with Gasteiger partial charge in [0.15, 0.2) is 5.75 Å². The lowest BCUT2D eigenvalue weighted by molar-refractivity contribution is -0.385. The summed E-state index contributed by atoms with van der Waals surface area (Å²) in [5.41, 5.74) is -0.444. The second-order valence-corrected chi connectivity index (χ2v) is 3.45. The summed E-state index contributed by atoms with van der Waals surface area (Å²) >= 11 is 0. The maximum Gasteiger partial charge on any atom is 0.338 e. The molecule has 0 spiro atoms. The first-order valence-corrected chi connectivity index (χ1v) is 5.20. The number of phenols is 1. The number of nitro benzene ring substituents is 1. The van der Waals surface area contributed by atoms with Crippen LogP contribution in [0, 0.1) is 10.1 Å². The highest BCUT2D eigenvalue weighted by Crippen LogP contribution is 2.26. The monoisotopic (exact) mass is 239 g/mol. The number of aromatic hydroxyl groups is 1. The van der Waals surface area contributed by atoms with Crippen LogP contribution in [0.4, 0.5) is 5.69 Å². The Morgan fingerprint density at radius 2 is 2.24 bits per heavy atom. The second-order valence-electron chi connectivity index (χ2n) is 3.45. The minimum Gasteiger partial charge on any atom is -0.502 e. The van der Waals surface area contributed by atoms with Crippen LogP contribution in [-0.2, 0) is 4.74 Å². The number of hydrogen-bond acceptors (Lipinski definition) is 5. The first kappa shape index (κ1) is 13.0. The van der Waals surface area contributed by atoms with Crippen LogP contribution in [0.1, 0.15) is 30.1 Å². The zero-order chi connectivity index (χ0) is 12.8. The van der Waals surface area contributed by atoms with Gasteiger partial charge >= 0.3 is 11.7 Å². The maximum atomic E-state index is 11.5. The van der Waals surface area contributed by atoms with Crippen molar-refractivity contribution in [2.24, 2.45) is 0 Å². The third kappa shape index (κ3) is 3.44. The predicted octanol–water partition coefficient (Wildman–Crippen LogP) is 2.26. The molecule has 1 aromatic carbocycles. The molecule has 0 unspecified atom stereocenters. The molecule has 1 N–H and O–H groups in total. The summed E-state index contributed by atoms with van der Waals surface area (Å²) in [7, 11) is 0. The Hall–Kier alpha value is -2.11. The number of nitro groups is 1. The van der Waals surface area contributed by atoms with Crippen molar-refractivity contribution in [3.63, 3.8) is 0 Å². The number of phenolic OH excluding ortho intramolecular Hbond substituents is 1. The second kappa shape index (κ2) is 5.83. The van der Waals surface area contributed by atoms with Crippen molar-refractivity contribution < 1.29 is 19.6 Å². The van der Waals surface area contributed by atoms with Crippen LogP contribution >= 0.6 is 0 Å². The maximum absolute atomic E-state index is 11.5. The molecule has 0 saturated carbocycles. The molecule has 0 radical (unpaired) electrons. The lowest BCUT2D eigenvalue weighted by atomic mass is 10.2. The van der Waals surface area contributed by atoms with Crippen LogP contribution in [0.5, 0.6) is 5.75 Å². The predicted molar refractivity (Wildman–Crippen MR) is 60.0 cm³/mol. The van der Waals surface area contributed by atoms with Gasteiger partial charge in [-0.15, -0.1) is 0 Å². The van der Waals surface area contributed by atoms with Crippen LogP contribution in [0.25, 0.3) is 0 Å². The molecule has 1 aromatic rings. The van der Waals surface area contributed by atoms with Crippen molar-refractivity contribution in [2.75, 3.05) is 6.61 Å².